The number of halogens is 1. The summed E-state index contributed by atoms with van der Waals surface area (Å²) in [6, 6.07) is 15.1. The molecule has 1 N–H and O–H groups in total. The standard InChI is InChI=1S/C24H28ClN3O3/c25-20-9-7-18(8-10-20)16-27-11-3-4-19(17-27)23(29)26-22-6-2-1-5-21(22)24(30)28-12-14-31-15-13-28/h1-2,5-10,19H,3-4,11-17H2,(H,26,29). The van der Waals surface area contributed by atoms with Crippen molar-refractivity contribution in [2.75, 3.05) is 44.7 Å². The van der Waals surface area contributed by atoms with E-state index in [0.29, 0.717) is 44.1 Å². The summed E-state index contributed by atoms with van der Waals surface area (Å²) in [6.07, 6.45) is 1.82. The summed E-state index contributed by atoms with van der Waals surface area (Å²) in [7, 11) is 0. The third-order valence-electron chi connectivity index (χ3n) is 5.91. The van der Waals surface area contributed by atoms with Crippen molar-refractivity contribution >= 4 is 29.1 Å². The smallest absolute Gasteiger partial charge is 0.256 e. The van der Waals surface area contributed by atoms with Gasteiger partial charge in [0.2, 0.25) is 5.91 Å². The molecule has 2 aliphatic heterocycles. The molecule has 164 valence electrons. The highest BCUT2D eigenvalue weighted by atomic mass is 35.5. The van der Waals surface area contributed by atoms with Gasteiger partial charge in [-0.1, -0.05) is 35.9 Å². The average Bonchev–Trinajstić information content (AvgIpc) is 2.81. The number of ether oxygens (including phenoxy) is 1. The highest BCUT2D eigenvalue weighted by molar-refractivity contribution is 6.30. The number of para-hydroxylation sites is 1. The lowest BCUT2D eigenvalue weighted by Crippen LogP contribution is -2.42. The number of anilines is 1. The van der Waals surface area contributed by atoms with Crippen LogP contribution in [0.5, 0.6) is 0 Å². The van der Waals surface area contributed by atoms with Gasteiger partial charge in [-0.3, -0.25) is 14.5 Å². The van der Waals surface area contributed by atoms with Crippen LogP contribution in [0, 0.1) is 5.92 Å². The van der Waals surface area contributed by atoms with Crippen LogP contribution in [0.2, 0.25) is 5.02 Å². The van der Waals surface area contributed by atoms with Crippen LogP contribution in [0.3, 0.4) is 0 Å². The van der Waals surface area contributed by atoms with E-state index in [2.05, 4.69) is 10.2 Å². The van der Waals surface area contributed by atoms with Crippen LogP contribution in [-0.2, 0) is 16.1 Å². The Kier molecular flexibility index (Phi) is 7.22. The number of rotatable bonds is 5. The highest BCUT2D eigenvalue weighted by Gasteiger charge is 2.27. The summed E-state index contributed by atoms with van der Waals surface area (Å²) >= 11 is 5.98. The zero-order valence-electron chi connectivity index (χ0n) is 17.6. The van der Waals surface area contributed by atoms with Crippen LogP contribution in [-0.4, -0.2) is 61.0 Å². The van der Waals surface area contributed by atoms with Gasteiger partial charge < -0.3 is 15.0 Å². The van der Waals surface area contributed by atoms with Crippen LogP contribution in [0.15, 0.2) is 48.5 Å². The van der Waals surface area contributed by atoms with Gasteiger partial charge in [-0.15, -0.1) is 0 Å². The maximum atomic E-state index is 13.1. The van der Waals surface area contributed by atoms with Crippen molar-refractivity contribution in [1.29, 1.82) is 0 Å². The van der Waals surface area contributed by atoms with Crippen LogP contribution in [0.25, 0.3) is 0 Å². The number of piperidine rings is 1. The van der Waals surface area contributed by atoms with Crippen molar-refractivity contribution in [3.63, 3.8) is 0 Å². The monoisotopic (exact) mass is 441 g/mol. The quantitative estimate of drug-likeness (QED) is 0.769. The molecule has 2 amide bonds. The molecule has 4 rings (SSSR count). The van der Waals surface area contributed by atoms with Gasteiger partial charge in [-0.2, -0.15) is 0 Å². The third kappa shape index (κ3) is 5.64. The van der Waals surface area contributed by atoms with Crippen molar-refractivity contribution in [3.05, 3.63) is 64.7 Å². The summed E-state index contributed by atoms with van der Waals surface area (Å²) in [5, 5.41) is 3.76. The Balaban J connectivity index is 1.39. The average molecular weight is 442 g/mol. The van der Waals surface area contributed by atoms with E-state index in [9.17, 15) is 9.59 Å². The van der Waals surface area contributed by atoms with Gasteiger partial charge in [0.1, 0.15) is 0 Å². The number of carbonyl (C=O) groups is 2. The fourth-order valence-electron chi connectivity index (χ4n) is 4.21. The molecular weight excluding hydrogens is 414 g/mol. The van der Waals surface area contributed by atoms with Crippen molar-refractivity contribution in [1.82, 2.24) is 9.80 Å². The first kappa shape index (κ1) is 21.8. The topological polar surface area (TPSA) is 61.9 Å². The molecule has 0 aliphatic carbocycles. The molecule has 6 nitrogen and oxygen atoms in total. The highest BCUT2D eigenvalue weighted by Crippen LogP contribution is 2.23. The molecule has 0 aromatic heterocycles. The first-order valence-electron chi connectivity index (χ1n) is 10.8. The molecule has 2 fully saturated rings. The molecule has 1 unspecified atom stereocenters. The lowest BCUT2D eigenvalue weighted by Gasteiger charge is -2.32. The minimum absolute atomic E-state index is 0.0250. The molecule has 2 saturated heterocycles. The number of likely N-dealkylation sites (tertiary alicyclic amines) is 1. The van der Waals surface area contributed by atoms with Gasteiger partial charge in [0.15, 0.2) is 0 Å². The third-order valence-corrected chi connectivity index (χ3v) is 6.16. The number of carbonyl (C=O) groups excluding carboxylic acids is 2. The molecule has 7 heteroatoms. The minimum atomic E-state index is -0.104. The van der Waals surface area contributed by atoms with E-state index < -0.39 is 0 Å². The molecular formula is C24H28ClN3O3. The van der Waals surface area contributed by atoms with Crippen LogP contribution < -0.4 is 5.32 Å². The number of benzene rings is 2. The first-order valence-corrected chi connectivity index (χ1v) is 11.2. The normalized spacial score (nSPS) is 19.8. The fourth-order valence-corrected chi connectivity index (χ4v) is 4.34. The molecule has 2 aromatic carbocycles. The van der Waals surface area contributed by atoms with Crippen LogP contribution in [0.4, 0.5) is 5.69 Å². The zero-order chi connectivity index (χ0) is 21.6. The molecule has 2 aliphatic rings. The number of hydrogen-bond donors (Lipinski definition) is 1. The van der Waals surface area contributed by atoms with E-state index in [1.165, 1.54) is 5.56 Å². The second kappa shape index (κ2) is 10.3. The maximum absolute atomic E-state index is 13.1. The molecule has 2 aromatic rings. The second-order valence-corrected chi connectivity index (χ2v) is 8.58. The fraction of sp³-hybridized carbons (Fsp3) is 0.417. The van der Waals surface area contributed by atoms with Gasteiger partial charge in [-0.05, 0) is 49.2 Å². The van der Waals surface area contributed by atoms with E-state index in [1.54, 1.807) is 17.0 Å². The Labute approximate surface area is 188 Å². The van der Waals surface area contributed by atoms with Gasteiger partial charge in [0.05, 0.1) is 30.4 Å². The lowest BCUT2D eigenvalue weighted by atomic mass is 9.96. The van der Waals surface area contributed by atoms with Gasteiger partial charge in [0, 0.05) is 31.2 Å². The van der Waals surface area contributed by atoms with E-state index in [1.807, 2.05) is 36.4 Å². The summed E-state index contributed by atoms with van der Waals surface area (Å²) in [5.74, 6) is -0.192. The summed E-state index contributed by atoms with van der Waals surface area (Å²) in [5.41, 5.74) is 2.30. The Bertz CT molecular complexity index is 913. The Morgan fingerprint density at radius 2 is 1.77 bits per heavy atom. The van der Waals surface area contributed by atoms with Gasteiger partial charge in [-0.25, -0.2) is 0 Å². The van der Waals surface area contributed by atoms with Crippen LogP contribution in [0.1, 0.15) is 28.8 Å². The zero-order valence-corrected chi connectivity index (χ0v) is 18.3. The summed E-state index contributed by atoms with van der Waals surface area (Å²) < 4.78 is 5.34. The minimum Gasteiger partial charge on any atom is -0.378 e. The van der Waals surface area contributed by atoms with Gasteiger partial charge in [0.25, 0.3) is 5.91 Å². The molecule has 2 heterocycles. The van der Waals surface area contributed by atoms with Crippen LogP contribution >= 0.6 is 11.6 Å². The van der Waals surface area contributed by atoms with Crippen molar-refractivity contribution in [2.45, 2.75) is 19.4 Å². The molecule has 1 atom stereocenters. The Morgan fingerprint density at radius 1 is 1.03 bits per heavy atom. The van der Waals surface area contributed by atoms with E-state index in [0.717, 1.165) is 31.0 Å². The summed E-state index contributed by atoms with van der Waals surface area (Å²) in [6.45, 7) is 4.71. The molecule has 0 bridgehead atoms. The second-order valence-electron chi connectivity index (χ2n) is 8.14. The molecule has 0 spiro atoms. The van der Waals surface area contributed by atoms with Crippen molar-refractivity contribution in [3.8, 4) is 0 Å². The maximum Gasteiger partial charge on any atom is 0.256 e. The molecule has 0 radical (unpaired) electrons. The number of amides is 2. The predicted octanol–water partition coefficient (Wildman–Crippen LogP) is 3.66. The van der Waals surface area contributed by atoms with Crippen molar-refractivity contribution in [2.24, 2.45) is 5.92 Å². The predicted molar refractivity (Wildman–Crippen MR) is 121 cm³/mol. The van der Waals surface area contributed by atoms with Crippen molar-refractivity contribution < 1.29 is 14.3 Å². The Hall–Kier alpha value is -2.41. The lowest BCUT2D eigenvalue weighted by molar-refractivity contribution is -0.121. The largest absolute Gasteiger partial charge is 0.378 e. The summed E-state index contributed by atoms with van der Waals surface area (Å²) in [4.78, 5) is 30.1. The number of morpholine rings is 1. The van der Waals surface area contributed by atoms with Gasteiger partial charge >= 0.3 is 0 Å². The van der Waals surface area contributed by atoms with E-state index >= 15 is 0 Å². The first-order chi connectivity index (χ1) is 15.1. The number of nitrogens with zero attached hydrogens (tertiary/aromatic N) is 2. The SMILES string of the molecule is O=C(Nc1ccccc1C(=O)N1CCOCC1)C1CCCN(Cc2ccc(Cl)cc2)C1. The Morgan fingerprint density at radius 3 is 2.55 bits per heavy atom. The van der Waals surface area contributed by atoms with E-state index in [-0.39, 0.29) is 17.7 Å². The number of nitrogens with one attached hydrogen (secondary N) is 1. The number of hydrogen-bond acceptors (Lipinski definition) is 4. The molecule has 31 heavy (non-hydrogen) atoms. The van der Waals surface area contributed by atoms with E-state index in [4.69, 9.17) is 16.3 Å². The molecule has 0 saturated carbocycles.